The van der Waals surface area contributed by atoms with Crippen LogP contribution in [-0.2, 0) is 0 Å². The van der Waals surface area contributed by atoms with E-state index in [9.17, 15) is 9.90 Å². The first kappa shape index (κ1) is 13.1. The van der Waals surface area contributed by atoms with Crippen LogP contribution in [0.1, 0.15) is 30.3 Å². The molecule has 0 radical (unpaired) electrons. The average Bonchev–Trinajstić information content (AvgIpc) is 2.30. The van der Waals surface area contributed by atoms with Gasteiger partial charge in [-0.05, 0) is 31.9 Å². The fourth-order valence-corrected chi connectivity index (χ4v) is 2.34. The van der Waals surface area contributed by atoms with Gasteiger partial charge in [-0.2, -0.15) is 0 Å². The maximum atomic E-state index is 12.3. The minimum atomic E-state index is -0.847. The molecular formula is C12H16ClN3O2. The number of amides is 1. The van der Waals surface area contributed by atoms with Crippen LogP contribution in [0.4, 0.5) is 5.82 Å². The summed E-state index contributed by atoms with van der Waals surface area (Å²) in [6.07, 6.45) is 1.45. The fraction of sp³-hybridized carbons (Fsp3) is 0.500. The van der Waals surface area contributed by atoms with Gasteiger partial charge in [0, 0.05) is 13.1 Å². The van der Waals surface area contributed by atoms with Crippen molar-refractivity contribution in [2.75, 3.05) is 18.8 Å². The van der Waals surface area contributed by atoms with Crippen LogP contribution < -0.4 is 5.73 Å². The van der Waals surface area contributed by atoms with Crippen LogP contribution in [-0.4, -0.2) is 39.6 Å². The number of hydrogen-bond donors (Lipinski definition) is 2. The number of nitrogens with two attached hydrogens (primary N) is 1. The lowest BCUT2D eigenvalue weighted by Crippen LogP contribution is -2.48. The van der Waals surface area contributed by atoms with E-state index < -0.39 is 5.60 Å². The first-order valence-electron chi connectivity index (χ1n) is 5.83. The second kappa shape index (κ2) is 4.74. The Bertz CT molecular complexity index is 476. The van der Waals surface area contributed by atoms with Crippen molar-refractivity contribution < 1.29 is 9.90 Å². The standard InChI is InChI=1S/C12H16ClN3O2/c1-12(18)5-2-6-16(7-12)11(17)10-8(13)3-4-9(14)15-10/h3-4,18H,2,5-7H2,1H3,(H2,14,15). The summed E-state index contributed by atoms with van der Waals surface area (Å²) in [6, 6.07) is 3.10. The van der Waals surface area contributed by atoms with E-state index >= 15 is 0 Å². The molecule has 5 nitrogen and oxygen atoms in total. The Hall–Kier alpha value is -1.33. The van der Waals surface area contributed by atoms with Gasteiger partial charge in [0.25, 0.3) is 5.91 Å². The van der Waals surface area contributed by atoms with Gasteiger partial charge in [0.2, 0.25) is 0 Å². The fourth-order valence-electron chi connectivity index (χ4n) is 2.15. The summed E-state index contributed by atoms with van der Waals surface area (Å²) in [5.74, 6) is -0.0289. The molecule has 0 spiro atoms. The summed E-state index contributed by atoms with van der Waals surface area (Å²) in [4.78, 5) is 17.8. The largest absolute Gasteiger partial charge is 0.388 e. The highest BCUT2D eigenvalue weighted by atomic mass is 35.5. The lowest BCUT2D eigenvalue weighted by atomic mass is 9.95. The van der Waals surface area contributed by atoms with Crippen LogP contribution in [0.5, 0.6) is 0 Å². The molecule has 1 aliphatic heterocycles. The molecule has 0 aromatic carbocycles. The highest BCUT2D eigenvalue weighted by Crippen LogP contribution is 2.24. The van der Waals surface area contributed by atoms with Crippen molar-refractivity contribution in [3.8, 4) is 0 Å². The van der Waals surface area contributed by atoms with Crippen LogP contribution in [0.3, 0.4) is 0 Å². The zero-order valence-electron chi connectivity index (χ0n) is 10.2. The van der Waals surface area contributed by atoms with Gasteiger partial charge in [-0.25, -0.2) is 4.98 Å². The van der Waals surface area contributed by atoms with Gasteiger partial charge >= 0.3 is 0 Å². The predicted octanol–water partition coefficient (Wildman–Crippen LogP) is 1.30. The Morgan fingerprint density at radius 3 is 3.00 bits per heavy atom. The van der Waals surface area contributed by atoms with Gasteiger partial charge in [-0.3, -0.25) is 4.79 Å². The second-order valence-corrected chi connectivity index (χ2v) is 5.30. The van der Waals surface area contributed by atoms with Gasteiger partial charge < -0.3 is 15.7 Å². The van der Waals surface area contributed by atoms with E-state index in [0.717, 1.165) is 6.42 Å². The summed E-state index contributed by atoms with van der Waals surface area (Å²) in [6.45, 7) is 2.61. The second-order valence-electron chi connectivity index (χ2n) is 4.89. The molecule has 1 aromatic heterocycles. The third-order valence-corrected chi connectivity index (χ3v) is 3.34. The third kappa shape index (κ3) is 2.73. The van der Waals surface area contributed by atoms with Crippen molar-refractivity contribution >= 4 is 23.3 Å². The lowest BCUT2D eigenvalue weighted by Gasteiger charge is -2.36. The number of nitrogens with zero attached hydrogens (tertiary/aromatic N) is 2. The topological polar surface area (TPSA) is 79.5 Å². The van der Waals surface area contributed by atoms with Crippen LogP contribution in [0.25, 0.3) is 0 Å². The number of nitrogen functional groups attached to an aromatic ring is 1. The quantitative estimate of drug-likeness (QED) is 0.805. The van der Waals surface area contributed by atoms with Gasteiger partial charge in [0.05, 0.1) is 10.6 Å². The van der Waals surface area contributed by atoms with E-state index in [2.05, 4.69) is 4.98 Å². The zero-order valence-corrected chi connectivity index (χ0v) is 10.9. The SMILES string of the molecule is CC1(O)CCCN(C(=O)c2nc(N)ccc2Cl)C1. The maximum absolute atomic E-state index is 12.3. The molecule has 1 fully saturated rings. The van der Waals surface area contributed by atoms with Crippen molar-refractivity contribution in [2.24, 2.45) is 0 Å². The number of likely N-dealkylation sites (tertiary alicyclic amines) is 1. The summed E-state index contributed by atoms with van der Waals surface area (Å²) in [7, 11) is 0. The van der Waals surface area contributed by atoms with Gasteiger partial charge in [0.15, 0.2) is 0 Å². The Kier molecular flexibility index (Phi) is 3.45. The molecule has 0 bridgehead atoms. The molecule has 2 heterocycles. The minimum Gasteiger partial charge on any atom is -0.388 e. The molecule has 1 atom stereocenters. The minimum absolute atomic E-state index is 0.148. The average molecular weight is 270 g/mol. The molecule has 1 saturated heterocycles. The number of rotatable bonds is 1. The van der Waals surface area contributed by atoms with E-state index in [0.29, 0.717) is 19.5 Å². The van der Waals surface area contributed by atoms with E-state index in [4.69, 9.17) is 17.3 Å². The van der Waals surface area contributed by atoms with Crippen molar-refractivity contribution in [3.05, 3.63) is 22.8 Å². The molecule has 0 aliphatic carbocycles. The highest BCUT2D eigenvalue weighted by Gasteiger charge is 2.32. The number of hydrogen-bond acceptors (Lipinski definition) is 4. The Balaban J connectivity index is 2.23. The molecule has 1 unspecified atom stereocenters. The van der Waals surface area contributed by atoms with Crippen molar-refractivity contribution in [1.29, 1.82) is 0 Å². The number of carbonyl (C=O) groups is 1. The van der Waals surface area contributed by atoms with Gasteiger partial charge in [-0.15, -0.1) is 0 Å². The van der Waals surface area contributed by atoms with Crippen molar-refractivity contribution in [2.45, 2.75) is 25.4 Å². The Morgan fingerprint density at radius 1 is 1.61 bits per heavy atom. The lowest BCUT2D eigenvalue weighted by molar-refractivity contribution is -0.0109. The number of halogens is 1. The van der Waals surface area contributed by atoms with Crippen LogP contribution >= 0.6 is 11.6 Å². The molecule has 6 heteroatoms. The molecule has 98 valence electrons. The zero-order chi connectivity index (χ0) is 13.3. The Morgan fingerprint density at radius 2 is 2.33 bits per heavy atom. The van der Waals surface area contributed by atoms with Crippen LogP contribution in [0.2, 0.25) is 5.02 Å². The number of aromatic nitrogens is 1. The van der Waals surface area contributed by atoms with Crippen molar-refractivity contribution in [1.82, 2.24) is 9.88 Å². The molecule has 2 rings (SSSR count). The predicted molar refractivity (Wildman–Crippen MR) is 69.4 cm³/mol. The normalized spacial score (nSPS) is 24.1. The summed E-state index contributed by atoms with van der Waals surface area (Å²) >= 11 is 5.95. The summed E-state index contributed by atoms with van der Waals surface area (Å²) < 4.78 is 0. The number of carbonyl (C=O) groups excluding carboxylic acids is 1. The van der Waals surface area contributed by atoms with Crippen molar-refractivity contribution in [3.63, 3.8) is 0 Å². The molecule has 1 amide bonds. The number of anilines is 1. The molecule has 18 heavy (non-hydrogen) atoms. The first-order chi connectivity index (χ1) is 8.39. The first-order valence-corrected chi connectivity index (χ1v) is 6.20. The van der Waals surface area contributed by atoms with E-state index in [1.165, 1.54) is 0 Å². The summed E-state index contributed by atoms with van der Waals surface area (Å²) in [5, 5.41) is 10.3. The molecule has 1 aromatic rings. The van der Waals surface area contributed by atoms with E-state index in [1.807, 2.05) is 0 Å². The molecular weight excluding hydrogens is 254 g/mol. The number of aliphatic hydroxyl groups is 1. The molecule has 1 aliphatic rings. The summed E-state index contributed by atoms with van der Waals surface area (Å²) in [5.41, 5.74) is 4.86. The monoisotopic (exact) mass is 269 g/mol. The van der Waals surface area contributed by atoms with E-state index in [1.54, 1.807) is 24.0 Å². The third-order valence-electron chi connectivity index (χ3n) is 3.03. The molecule has 0 saturated carbocycles. The van der Waals surface area contributed by atoms with Gasteiger partial charge in [-0.1, -0.05) is 11.6 Å². The maximum Gasteiger partial charge on any atom is 0.274 e. The highest BCUT2D eigenvalue weighted by molar-refractivity contribution is 6.33. The van der Waals surface area contributed by atoms with Crippen LogP contribution in [0, 0.1) is 0 Å². The Labute approximate surface area is 111 Å². The number of piperidine rings is 1. The van der Waals surface area contributed by atoms with E-state index in [-0.39, 0.29) is 22.4 Å². The van der Waals surface area contributed by atoms with Crippen LogP contribution in [0.15, 0.2) is 12.1 Å². The number of β-amino-alcohol motifs (C(OH)–C–C–N with tert-alkyl or cyclic N) is 1. The van der Waals surface area contributed by atoms with Gasteiger partial charge in [0.1, 0.15) is 11.5 Å². The number of pyridine rings is 1. The molecule has 3 N–H and O–H groups in total. The smallest absolute Gasteiger partial charge is 0.274 e.